The van der Waals surface area contributed by atoms with Crippen LogP contribution >= 0.6 is 0 Å². The van der Waals surface area contributed by atoms with Gasteiger partial charge in [-0.1, -0.05) is 29.4 Å². The van der Waals surface area contributed by atoms with Crippen LogP contribution in [0.3, 0.4) is 0 Å². The molecule has 17 heavy (non-hydrogen) atoms. The Bertz CT molecular complexity index is 512. The lowest BCUT2D eigenvalue weighted by Gasteiger charge is -2.36. The normalized spacial score (nSPS) is 17.0. The summed E-state index contributed by atoms with van der Waals surface area (Å²) in [5.74, 6) is 1.05. The van der Waals surface area contributed by atoms with Gasteiger partial charge in [0.25, 0.3) is 0 Å². The molecule has 0 atom stereocenters. The lowest BCUT2D eigenvalue weighted by molar-refractivity contribution is 0.190. The largest absolute Gasteiger partial charge is 0.367 e. The third kappa shape index (κ3) is 1.80. The molecule has 1 aliphatic heterocycles. The number of likely N-dealkylation sites (tertiary alicyclic amines) is 1. The van der Waals surface area contributed by atoms with Gasteiger partial charge in [-0.15, -0.1) is 0 Å². The molecule has 0 radical (unpaired) electrons. The lowest BCUT2D eigenvalue weighted by Crippen LogP contribution is -2.41. The van der Waals surface area contributed by atoms with E-state index < -0.39 is 0 Å². The topological polar surface area (TPSA) is 55.3 Å². The number of rotatable bonds is 2. The Kier molecular flexibility index (Phi) is 2.37. The van der Waals surface area contributed by atoms with Gasteiger partial charge in [-0.3, -0.25) is 0 Å². The van der Waals surface area contributed by atoms with Gasteiger partial charge in [-0.05, 0) is 18.2 Å². The highest BCUT2D eigenvalue weighted by Gasteiger charge is 2.24. The Morgan fingerprint density at radius 2 is 2.00 bits per heavy atom. The third-order valence-corrected chi connectivity index (χ3v) is 3.36. The van der Waals surface area contributed by atoms with Gasteiger partial charge in [0, 0.05) is 19.0 Å². The molecular formula is C13H15N3O. The van der Waals surface area contributed by atoms with Gasteiger partial charge in [0.1, 0.15) is 0 Å². The molecule has 1 saturated heterocycles. The molecule has 1 fully saturated rings. The second kappa shape index (κ2) is 3.89. The number of nitrogens with two attached hydrogens (primary N) is 1. The summed E-state index contributed by atoms with van der Waals surface area (Å²) in [5.41, 5.74) is 9.00. The number of nitrogens with zero attached hydrogens (tertiary/aromatic N) is 2. The minimum Gasteiger partial charge on any atom is -0.367 e. The van der Waals surface area contributed by atoms with E-state index in [0.29, 0.717) is 11.8 Å². The van der Waals surface area contributed by atoms with Crippen molar-refractivity contribution in [2.45, 2.75) is 5.92 Å². The lowest BCUT2D eigenvalue weighted by atomic mass is 9.91. The first-order valence-electron chi connectivity index (χ1n) is 5.73. The molecule has 3 rings (SSSR count). The number of likely N-dealkylation sites (N-methyl/N-ethyl adjacent to an activating group) is 1. The molecule has 0 saturated carbocycles. The van der Waals surface area contributed by atoms with Crippen molar-refractivity contribution >= 4 is 5.88 Å². The highest BCUT2D eigenvalue weighted by molar-refractivity contribution is 5.71. The molecular weight excluding hydrogens is 214 g/mol. The molecule has 2 heterocycles. The van der Waals surface area contributed by atoms with Gasteiger partial charge < -0.3 is 15.2 Å². The average molecular weight is 229 g/mol. The SMILES string of the molecule is CN1CC(c2ccc(-c3cnoc3N)cc2)C1. The van der Waals surface area contributed by atoms with Crippen molar-refractivity contribution < 1.29 is 4.52 Å². The summed E-state index contributed by atoms with van der Waals surface area (Å²) < 4.78 is 4.86. The average Bonchev–Trinajstić information content (AvgIpc) is 2.72. The molecule has 4 heteroatoms. The van der Waals surface area contributed by atoms with Crippen LogP contribution in [0.5, 0.6) is 0 Å². The number of anilines is 1. The maximum absolute atomic E-state index is 5.69. The molecule has 0 spiro atoms. The highest BCUT2D eigenvalue weighted by atomic mass is 16.5. The van der Waals surface area contributed by atoms with Crippen LogP contribution in [0.15, 0.2) is 35.0 Å². The second-order valence-corrected chi connectivity index (χ2v) is 4.64. The number of nitrogen functional groups attached to an aromatic ring is 1. The molecule has 1 aliphatic rings. The second-order valence-electron chi connectivity index (χ2n) is 4.64. The van der Waals surface area contributed by atoms with Crippen LogP contribution in [-0.4, -0.2) is 30.2 Å². The summed E-state index contributed by atoms with van der Waals surface area (Å²) in [4.78, 5) is 2.32. The summed E-state index contributed by atoms with van der Waals surface area (Å²) in [6.45, 7) is 2.30. The maximum Gasteiger partial charge on any atom is 0.229 e. The predicted octanol–water partition coefficient (Wildman–Crippen LogP) is 1.95. The Morgan fingerprint density at radius 3 is 2.53 bits per heavy atom. The van der Waals surface area contributed by atoms with E-state index in [2.05, 4.69) is 41.4 Å². The van der Waals surface area contributed by atoms with E-state index in [-0.39, 0.29) is 0 Å². The number of hydrogen-bond donors (Lipinski definition) is 1. The summed E-state index contributed by atoms with van der Waals surface area (Å²) in [6, 6.07) is 8.49. The van der Waals surface area contributed by atoms with Crippen LogP contribution in [0.25, 0.3) is 11.1 Å². The van der Waals surface area contributed by atoms with Crippen LogP contribution in [0, 0.1) is 0 Å². The Balaban J connectivity index is 1.83. The van der Waals surface area contributed by atoms with Crippen molar-refractivity contribution in [3.8, 4) is 11.1 Å². The summed E-state index contributed by atoms with van der Waals surface area (Å²) in [5, 5.41) is 3.69. The van der Waals surface area contributed by atoms with Crippen LogP contribution in [0.2, 0.25) is 0 Å². The zero-order valence-electron chi connectivity index (χ0n) is 9.76. The zero-order chi connectivity index (χ0) is 11.8. The maximum atomic E-state index is 5.69. The minimum absolute atomic E-state index is 0.376. The zero-order valence-corrected chi connectivity index (χ0v) is 9.76. The van der Waals surface area contributed by atoms with Crippen LogP contribution in [-0.2, 0) is 0 Å². The summed E-state index contributed by atoms with van der Waals surface area (Å²) >= 11 is 0. The number of hydrogen-bond acceptors (Lipinski definition) is 4. The smallest absolute Gasteiger partial charge is 0.229 e. The number of benzene rings is 1. The first-order valence-corrected chi connectivity index (χ1v) is 5.73. The van der Waals surface area contributed by atoms with Crippen molar-refractivity contribution in [3.05, 3.63) is 36.0 Å². The van der Waals surface area contributed by atoms with Crippen LogP contribution in [0.1, 0.15) is 11.5 Å². The van der Waals surface area contributed by atoms with Crippen molar-refractivity contribution in [1.29, 1.82) is 0 Å². The molecule has 0 amide bonds. The Hall–Kier alpha value is -1.81. The van der Waals surface area contributed by atoms with Crippen molar-refractivity contribution in [2.24, 2.45) is 0 Å². The fourth-order valence-corrected chi connectivity index (χ4v) is 2.31. The summed E-state index contributed by atoms with van der Waals surface area (Å²) in [7, 11) is 2.14. The van der Waals surface area contributed by atoms with Gasteiger partial charge in [-0.25, -0.2) is 0 Å². The van der Waals surface area contributed by atoms with E-state index in [1.165, 1.54) is 5.56 Å². The molecule has 1 aromatic carbocycles. The third-order valence-electron chi connectivity index (χ3n) is 3.36. The molecule has 0 aliphatic carbocycles. The Morgan fingerprint density at radius 1 is 1.29 bits per heavy atom. The number of aromatic nitrogens is 1. The van der Waals surface area contributed by atoms with Crippen LogP contribution < -0.4 is 5.73 Å². The van der Waals surface area contributed by atoms with E-state index in [4.69, 9.17) is 10.3 Å². The fraction of sp³-hybridized carbons (Fsp3) is 0.308. The first-order chi connectivity index (χ1) is 8.24. The van der Waals surface area contributed by atoms with E-state index in [1.807, 2.05) is 0 Å². The quantitative estimate of drug-likeness (QED) is 0.855. The molecule has 2 N–H and O–H groups in total. The molecule has 0 bridgehead atoms. The minimum atomic E-state index is 0.376. The predicted molar refractivity (Wildman–Crippen MR) is 66.6 cm³/mol. The molecule has 4 nitrogen and oxygen atoms in total. The van der Waals surface area contributed by atoms with Gasteiger partial charge in [0.2, 0.25) is 5.88 Å². The highest BCUT2D eigenvalue weighted by Crippen LogP contribution is 2.29. The van der Waals surface area contributed by atoms with E-state index >= 15 is 0 Å². The molecule has 88 valence electrons. The van der Waals surface area contributed by atoms with Crippen molar-refractivity contribution in [2.75, 3.05) is 25.9 Å². The van der Waals surface area contributed by atoms with E-state index in [1.54, 1.807) is 6.20 Å². The van der Waals surface area contributed by atoms with Crippen molar-refractivity contribution in [3.63, 3.8) is 0 Å². The molecule has 0 unspecified atom stereocenters. The monoisotopic (exact) mass is 229 g/mol. The first kappa shape index (κ1) is 10.4. The summed E-state index contributed by atoms with van der Waals surface area (Å²) in [6.07, 6.45) is 1.65. The van der Waals surface area contributed by atoms with Gasteiger partial charge in [0.15, 0.2) is 0 Å². The van der Waals surface area contributed by atoms with E-state index in [9.17, 15) is 0 Å². The van der Waals surface area contributed by atoms with Crippen LogP contribution in [0.4, 0.5) is 5.88 Å². The molecule has 1 aromatic heterocycles. The van der Waals surface area contributed by atoms with Gasteiger partial charge >= 0.3 is 0 Å². The Labute approximate surface area is 100 Å². The van der Waals surface area contributed by atoms with Gasteiger partial charge in [0.05, 0.1) is 11.8 Å². The van der Waals surface area contributed by atoms with Crippen molar-refractivity contribution in [1.82, 2.24) is 10.1 Å². The molecule has 2 aromatic rings. The fourth-order valence-electron chi connectivity index (χ4n) is 2.31. The van der Waals surface area contributed by atoms with E-state index in [0.717, 1.165) is 24.2 Å². The standard InChI is InChI=1S/C13H15N3O/c1-16-7-11(8-16)9-2-4-10(5-3-9)12-6-15-17-13(12)14/h2-6,11H,7-8,14H2,1H3. The van der Waals surface area contributed by atoms with Gasteiger partial charge in [-0.2, -0.15) is 0 Å².